The Hall–Kier alpha value is -2.48. The second-order valence-corrected chi connectivity index (χ2v) is 8.11. The Morgan fingerprint density at radius 1 is 1.38 bits per heavy atom. The molecule has 0 amide bonds. The highest BCUT2D eigenvalue weighted by molar-refractivity contribution is 5.93. The summed E-state index contributed by atoms with van der Waals surface area (Å²) in [5.41, 5.74) is 0.498. The van der Waals surface area contributed by atoms with E-state index in [2.05, 4.69) is 0 Å². The molecule has 0 aromatic heterocycles. The van der Waals surface area contributed by atoms with Crippen molar-refractivity contribution in [2.75, 3.05) is 6.61 Å². The molecule has 158 valence electrons. The quantitative estimate of drug-likeness (QED) is 0.294. The summed E-state index contributed by atoms with van der Waals surface area (Å²) in [7, 11) is 0. The van der Waals surface area contributed by atoms with E-state index in [9.17, 15) is 19.2 Å². The minimum absolute atomic E-state index is 0.109. The molecule has 3 rings (SSSR count). The molecule has 1 aliphatic carbocycles. The van der Waals surface area contributed by atoms with Crippen LogP contribution in [0.3, 0.4) is 0 Å². The van der Waals surface area contributed by atoms with Crippen LogP contribution in [0.25, 0.3) is 0 Å². The third-order valence-corrected chi connectivity index (χ3v) is 5.47. The van der Waals surface area contributed by atoms with Crippen molar-refractivity contribution in [3.05, 3.63) is 22.8 Å². The van der Waals surface area contributed by atoms with E-state index < -0.39 is 41.6 Å². The molecule has 0 aromatic carbocycles. The van der Waals surface area contributed by atoms with Crippen LogP contribution >= 0.6 is 0 Å². The molecule has 2 aliphatic heterocycles. The Morgan fingerprint density at radius 3 is 2.72 bits per heavy atom. The highest BCUT2D eigenvalue weighted by Gasteiger charge is 2.61. The maximum absolute atomic E-state index is 12.6. The maximum Gasteiger partial charge on any atom is 0.338 e. The smallest absolute Gasteiger partial charge is 0.338 e. The van der Waals surface area contributed by atoms with Gasteiger partial charge in [-0.3, -0.25) is 14.4 Å². The molecule has 1 fully saturated rings. The van der Waals surface area contributed by atoms with Gasteiger partial charge in [0.25, 0.3) is 0 Å². The zero-order chi connectivity index (χ0) is 21.3. The standard InChI is InChI=1S/C21H26O8/c1-11(2)19(24)27-15-8-13(9-22)6-5-7-21(4)18(29-21)17-16(15)14(20(25)28-17)10-26-12(3)23/h6,9,11,15,17-18H,5,7-8,10H2,1-4H3. The second-order valence-electron chi connectivity index (χ2n) is 8.11. The highest BCUT2D eigenvalue weighted by Crippen LogP contribution is 2.49. The van der Waals surface area contributed by atoms with Crippen LogP contribution < -0.4 is 0 Å². The minimum Gasteiger partial charge on any atom is -0.461 e. The minimum atomic E-state index is -0.894. The van der Waals surface area contributed by atoms with E-state index in [1.165, 1.54) is 6.92 Å². The van der Waals surface area contributed by atoms with Gasteiger partial charge in [0.2, 0.25) is 0 Å². The topological polar surface area (TPSA) is 108 Å². The molecule has 2 heterocycles. The number of esters is 3. The lowest BCUT2D eigenvalue weighted by molar-refractivity contribution is -0.151. The Labute approximate surface area is 169 Å². The van der Waals surface area contributed by atoms with Crippen molar-refractivity contribution in [1.29, 1.82) is 0 Å². The van der Waals surface area contributed by atoms with Gasteiger partial charge in [-0.1, -0.05) is 19.9 Å². The van der Waals surface area contributed by atoms with Gasteiger partial charge in [-0.25, -0.2) is 4.79 Å². The van der Waals surface area contributed by atoms with Gasteiger partial charge in [-0.2, -0.15) is 0 Å². The van der Waals surface area contributed by atoms with Crippen molar-refractivity contribution in [2.24, 2.45) is 5.92 Å². The zero-order valence-electron chi connectivity index (χ0n) is 17.1. The van der Waals surface area contributed by atoms with E-state index in [1.54, 1.807) is 19.9 Å². The van der Waals surface area contributed by atoms with Gasteiger partial charge < -0.3 is 18.9 Å². The number of fused-ring (bicyclic) bond motifs is 3. The molecule has 29 heavy (non-hydrogen) atoms. The lowest BCUT2D eigenvalue weighted by atomic mass is 9.87. The lowest BCUT2D eigenvalue weighted by Crippen LogP contribution is -2.34. The first-order valence-electron chi connectivity index (χ1n) is 9.76. The van der Waals surface area contributed by atoms with Gasteiger partial charge in [0.15, 0.2) is 6.10 Å². The van der Waals surface area contributed by atoms with Gasteiger partial charge in [-0.05, 0) is 25.3 Å². The van der Waals surface area contributed by atoms with Gasteiger partial charge >= 0.3 is 17.9 Å². The van der Waals surface area contributed by atoms with Gasteiger partial charge in [0.1, 0.15) is 25.1 Å². The molecule has 0 radical (unpaired) electrons. The summed E-state index contributed by atoms with van der Waals surface area (Å²) in [6.45, 7) is 6.25. The SMILES string of the molecule is CC(=O)OCC1=C2C(OC(=O)C(C)C)CC(C=O)=CCCC3(C)OC3C2OC1=O. The fraction of sp³-hybridized carbons (Fsp3) is 0.619. The van der Waals surface area contributed by atoms with E-state index in [-0.39, 0.29) is 24.7 Å². The predicted octanol–water partition coefficient (Wildman–Crippen LogP) is 1.81. The van der Waals surface area contributed by atoms with Crippen LogP contribution in [0.1, 0.15) is 47.0 Å². The van der Waals surface area contributed by atoms with E-state index in [1.807, 2.05) is 6.92 Å². The van der Waals surface area contributed by atoms with Crippen LogP contribution in [0.4, 0.5) is 0 Å². The van der Waals surface area contributed by atoms with E-state index >= 15 is 0 Å². The first-order chi connectivity index (χ1) is 13.7. The molecule has 0 bridgehead atoms. The summed E-state index contributed by atoms with van der Waals surface area (Å²) in [5, 5.41) is 0. The number of carbonyl (C=O) groups excluding carboxylic acids is 4. The van der Waals surface area contributed by atoms with Crippen molar-refractivity contribution in [3.8, 4) is 0 Å². The van der Waals surface area contributed by atoms with Gasteiger partial charge in [0.05, 0.1) is 17.1 Å². The Morgan fingerprint density at radius 2 is 2.10 bits per heavy atom. The number of aldehydes is 1. The van der Waals surface area contributed by atoms with Crippen LogP contribution in [0, 0.1) is 5.92 Å². The number of ether oxygens (including phenoxy) is 4. The second kappa shape index (κ2) is 8.10. The van der Waals surface area contributed by atoms with Crippen molar-refractivity contribution >= 4 is 24.2 Å². The number of carbonyl (C=O) groups is 4. The number of hydrogen-bond acceptors (Lipinski definition) is 8. The van der Waals surface area contributed by atoms with Crippen LogP contribution in [-0.2, 0) is 38.1 Å². The lowest BCUT2D eigenvalue weighted by Gasteiger charge is -2.25. The monoisotopic (exact) mass is 406 g/mol. The molecule has 4 atom stereocenters. The molecule has 0 N–H and O–H groups in total. The maximum atomic E-state index is 12.6. The number of hydrogen-bond donors (Lipinski definition) is 0. The fourth-order valence-electron chi connectivity index (χ4n) is 3.73. The zero-order valence-corrected chi connectivity index (χ0v) is 17.1. The first kappa shape index (κ1) is 21.2. The van der Waals surface area contributed by atoms with Crippen molar-refractivity contribution in [2.45, 2.75) is 70.9 Å². The largest absolute Gasteiger partial charge is 0.461 e. The molecule has 0 saturated carbocycles. The summed E-state index contributed by atoms with van der Waals surface area (Å²) in [5.74, 6) is -2.05. The van der Waals surface area contributed by atoms with E-state index in [0.717, 1.165) is 6.29 Å². The summed E-state index contributed by atoms with van der Waals surface area (Å²) in [6, 6.07) is 0. The molecular weight excluding hydrogens is 380 g/mol. The van der Waals surface area contributed by atoms with E-state index in [4.69, 9.17) is 18.9 Å². The van der Waals surface area contributed by atoms with Crippen LogP contribution in [0.15, 0.2) is 22.8 Å². The highest BCUT2D eigenvalue weighted by atomic mass is 16.6. The molecule has 8 heteroatoms. The molecule has 0 aromatic rings. The van der Waals surface area contributed by atoms with Gasteiger partial charge in [0, 0.05) is 18.9 Å². The predicted molar refractivity (Wildman–Crippen MR) is 99.5 cm³/mol. The summed E-state index contributed by atoms with van der Waals surface area (Å²) in [6.07, 6.45) is 1.88. The average Bonchev–Trinajstić information content (AvgIpc) is 3.20. The van der Waals surface area contributed by atoms with E-state index in [0.29, 0.717) is 24.0 Å². The molecule has 1 saturated heterocycles. The van der Waals surface area contributed by atoms with Crippen molar-refractivity contribution in [3.63, 3.8) is 0 Å². The Kier molecular flexibility index (Phi) is 5.93. The summed E-state index contributed by atoms with van der Waals surface area (Å²) < 4.78 is 22.2. The Bertz CT molecular complexity index is 793. The summed E-state index contributed by atoms with van der Waals surface area (Å²) in [4.78, 5) is 47.8. The fourth-order valence-corrected chi connectivity index (χ4v) is 3.73. The van der Waals surface area contributed by atoms with Gasteiger partial charge in [-0.15, -0.1) is 0 Å². The molecule has 0 spiro atoms. The molecule has 8 nitrogen and oxygen atoms in total. The third-order valence-electron chi connectivity index (χ3n) is 5.47. The molecule has 3 aliphatic rings. The van der Waals surface area contributed by atoms with Crippen LogP contribution in [-0.4, -0.2) is 54.7 Å². The van der Waals surface area contributed by atoms with Crippen LogP contribution in [0.5, 0.6) is 0 Å². The number of rotatable bonds is 5. The molecular formula is C21H26O8. The average molecular weight is 406 g/mol. The number of epoxide rings is 1. The van der Waals surface area contributed by atoms with Crippen molar-refractivity contribution in [1.82, 2.24) is 0 Å². The molecule has 4 unspecified atom stereocenters. The Balaban J connectivity index is 2.06. The number of allylic oxidation sites excluding steroid dienone is 1. The van der Waals surface area contributed by atoms with Crippen LogP contribution in [0.2, 0.25) is 0 Å². The summed E-state index contributed by atoms with van der Waals surface area (Å²) >= 11 is 0. The third kappa shape index (κ3) is 4.42. The van der Waals surface area contributed by atoms with Crippen molar-refractivity contribution < 1.29 is 38.1 Å². The first-order valence-corrected chi connectivity index (χ1v) is 9.76. The normalized spacial score (nSPS) is 31.3.